The second-order valence-electron chi connectivity index (χ2n) is 4.45. The van der Waals surface area contributed by atoms with E-state index in [1.165, 1.54) is 5.56 Å². The van der Waals surface area contributed by atoms with Crippen molar-refractivity contribution in [1.82, 2.24) is 0 Å². The van der Waals surface area contributed by atoms with E-state index >= 15 is 0 Å². The Morgan fingerprint density at radius 1 is 0.882 bits per heavy atom. The first-order valence-corrected chi connectivity index (χ1v) is 6.52. The summed E-state index contributed by atoms with van der Waals surface area (Å²) in [5.41, 5.74) is 5.87. The number of rotatable bonds is 1. The quantitative estimate of drug-likeness (QED) is 0.731. The molecule has 0 radical (unpaired) electrons. The van der Waals surface area contributed by atoms with Gasteiger partial charge in [0.25, 0.3) is 0 Å². The molecule has 0 spiro atoms. The number of fused-ring (bicyclic) bond motifs is 1. The van der Waals surface area contributed by atoms with Crippen LogP contribution in [0.3, 0.4) is 0 Å². The maximum absolute atomic E-state index is 11.1. The lowest BCUT2D eigenvalue weighted by atomic mass is 9.94. The molecule has 0 saturated carbocycles. The smallest absolute Gasteiger partial charge is 0.181 e. The molecule has 0 bridgehead atoms. The average Bonchev–Trinajstić information content (AvgIpc) is 2.62. The summed E-state index contributed by atoms with van der Waals surface area (Å²) in [5.74, 6) is 0. The molecule has 17 heavy (non-hydrogen) atoms. The van der Waals surface area contributed by atoms with Gasteiger partial charge in [0.05, 0.1) is 0 Å². The Balaban J connectivity index is 3.02. The molecular weight excluding hydrogens is 236 g/mol. The number of furan rings is 1. The highest BCUT2D eigenvalue weighted by molar-refractivity contribution is 7.79. The molecule has 1 atom stereocenters. The van der Waals surface area contributed by atoms with Crippen LogP contribution in [0.4, 0.5) is 0 Å². The van der Waals surface area contributed by atoms with Crippen LogP contribution in [-0.4, -0.2) is 8.76 Å². The summed E-state index contributed by atoms with van der Waals surface area (Å²) in [5, 5.41) is 0.987. The summed E-state index contributed by atoms with van der Waals surface area (Å²) in [6.45, 7) is 9.84. The van der Waals surface area contributed by atoms with Crippen molar-refractivity contribution in [2.24, 2.45) is 0 Å². The monoisotopic (exact) mass is 251 g/mol. The summed E-state index contributed by atoms with van der Waals surface area (Å²) in [7, 11) is 0. The van der Waals surface area contributed by atoms with Crippen LogP contribution >= 0.6 is 0 Å². The van der Waals surface area contributed by atoms with E-state index < -0.39 is 11.1 Å². The van der Waals surface area contributed by atoms with Gasteiger partial charge in [-0.3, -0.25) is 4.21 Å². The van der Waals surface area contributed by atoms with E-state index in [-0.39, 0.29) is 5.09 Å². The normalized spacial score (nSPS) is 13.3. The lowest BCUT2D eigenvalue weighted by molar-refractivity contribution is 0.455. The molecule has 2 rings (SSSR count). The number of hydrogen-bond donors (Lipinski definition) is 0. The highest BCUT2D eigenvalue weighted by atomic mass is 32.2. The summed E-state index contributed by atoms with van der Waals surface area (Å²) in [6, 6.07) is 0. The first-order chi connectivity index (χ1) is 7.86. The van der Waals surface area contributed by atoms with E-state index in [0.29, 0.717) is 11.1 Å². The number of aryl methyl sites for hydroxylation is 3. The Morgan fingerprint density at radius 3 is 1.94 bits per heavy atom. The molecule has 0 N–H and O–H groups in total. The lowest BCUT2D eigenvalue weighted by Crippen LogP contribution is -1.92. The van der Waals surface area contributed by atoms with E-state index in [4.69, 9.17) is 4.42 Å². The highest BCUT2D eigenvalue weighted by Crippen LogP contribution is 2.35. The predicted octanol–water partition coefficient (Wildman–Crippen LogP) is 3.21. The van der Waals surface area contributed by atoms with Gasteiger partial charge in [-0.05, 0) is 56.9 Å². The molecule has 0 aliphatic heterocycles. The molecule has 3 nitrogen and oxygen atoms in total. The SMILES string of the molecule is Cc1c(C)c(C)c2c(C)c(S(=O)[O-])oc2c1C. The van der Waals surface area contributed by atoms with Crippen molar-refractivity contribution >= 4 is 22.0 Å². The molecule has 0 aliphatic rings. The highest BCUT2D eigenvalue weighted by Gasteiger charge is 2.18. The molecule has 0 aliphatic carbocycles. The Morgan fingerprint density at radius 2 is 1.41 bits per heavy atom. The van der Waals surface area contributed by atoms with Crippen LogP contribution in [-0.2, 0) is 11.1 Å². The second-order valence-corrected chi connectivity index (χ2v) is 5.29. The van der Waals surface area contributed by atoms with Gasteiger partial charge < -0.3 is 8.97 Å². The largest absolute Gasteiger partial charge is 0.766 e. The topological polar surface area (TPSA) is 53.3 Å². The van der Waals surface area contributed by atoms with Crippen molar-refractivity contribution in [2.75, 3.05) is 0 Å². The van der Waals surface area contributed by atoms with Crippen molar-refractivity contribution in [3.63, 3.8) is 0 Å². The second kappa shape index (κ2) is 3.96. The Hall–Kier alpha value is -1.13. The third kappa shape index (κ3) is 1.63. The van der Waals surface area contributed by atoms with Crippen molar-refractivity contribution in [3.05, 3.63) is 27.8 Å². The van der Waals surface area contributed by atoms with Gasteiger partial charge in [0, 0.05) is 22.0 Å². The molecule has 2 aromatic rings. The van der Waals surface area contributed by atoms with Crippen LogP contribution < -0.4 is 0 Å². The molecule has 0 saturated heterocycles. The zero-order valence-corrected chi connectivity index (χ0v) is 11.4. The van der Waals surface area contributed by atoms with E-state index in [1.807, 2.05) is 20.8 Å². The molecule has 1 aromatic heterocycles. The summed E-state index contributed by atoms with van der Waals surface area (Å²) >= 11 is -2.32. The van der Waals surface area contributed by atoms with Crippen molar-refractivity contribution in [1.29, 1.82) is 0 Å². The number of benzene rings is 1. The summed E-state index contributed by atoms with van der Waals surface area (Å²) in [6.07, 6.45) is 0. The maximum atomic E-state index is 11.1. The van der Waals surface area contributed by atoms with Gasteiger partial charge in [-0.2, -0.15) is 0 Å². The molecule has 0 fully saturated rings. The molecule has 1 aromatic carbocycles. The first kappa shape index (κ1) is 12.3. The van der Waals surface area contributed by atoms with E-state index in [9.17, 15) is 8.76 Å². The first-order valence-electron chi connectivity index (χ1n) is 5.45. The zero-order chi connectivity index (χ0) is 12.9. The van der Waals surface area contributed by atoms with E-state index in [1.54, 1.807) is 6.92 Å². The molecule has 0 amide bonds. The standard InChI is InChI=1S/C13H16O3S/c1-6-7(2)9(4)12-11(8(6)3)10(5)13(16-12)17(14)15/h1-5H3,(H,14,15)/p-1. The van der Waals surface area contributed by atoms with Gasteiger partial charge in [-0.1, -0.05) is 0 Å². The minimum atomic E-state index is -2.32. The van der Waals surface area contributed by atoms with Crippen molar-refractivity contribution < 1.29 is 13.2 Å². The molecule has 4 heteroatoms. The van der Waals surface area contributed by atoms with Gasteiger partial charge >= 0.3 is 0 Å². The zero-order valence-electron chi connectivity index (χ0n) is 10.6. The molecule has 1 unspecified atom stereocenters. The Kier molecular flexibility index (Phi) is 2.87. The summed E-state index contributed by atoms with van der Waals surface area (Å²) in [4.78, 5) is 0. The van der Waals surface area contributed by atoms with Crippen molar-refractivity contribution in [3.8, 4) is 0 Å². The average molecular weight is 251 g/mol. The Bertz CT molecular complexity index is 638. The third-order valence-corrected chi connectivity index (χ3v) is 4.35. The minimum Gasteiger partial charge on any atom is -0.766 e. The van der Waals surface area contributed by atoms with Crippen molar-refractivity contribution in [2.45, 2.75) is 39.7 Å². The predicted molar refractivity (Wildman–Crippen MR) is 67.1 cm³/mol. The van der Waals surface area contributed by atoms with Gasteiger partial charge in [0.1, 0.15) is 5.58 Å². The van der Waals surface area contributed by atoms with E-state index in [2.05, 4.69) is 6.92 Å². The molecular formula is C13H15O3S-. The van der Waals surface area contributed by atoms with Crippen LogP contribution in [0.5, 0.6) is 0 Å². The van der Waals surface area contributed by atoms with Gasteiger partial charge in [0.2, 0.25) is 0 Å². The fraction of sp³-hybridized carbons (Fsp3) is 0.385. The minimum absolute atomic E-state index is 0.0520. The fourth-order valence-corrected chi connectivity index (χ4v) is 2.79. The van der Waals surface area contributed by atoms with Crippen LogP contribution in [0.15, 0.2) is 9.51 Å². The number of hydrogen-bond acceptors (Lipinski definition) is 3. The van der Waals surface area contributed by atoms with Crippen LogP contribution in [0.1, 0.15) is 27.8 Å². The van der Waals surface area contributed by atoms with Gasteiger partial charge in [0.15, 0.2) is 5.09 Å². The molecule has 92 valence electrons. The maximum Gasteiger partial charge on any atom is 0.181 e. The van der Waals surface area contributed by atoms with Gasteiger partial charge in [-0.25, -0.2) is 0 Å². The van der Waals surface area contributed by atoms with E-state index in [0.717, 1.165) is 22.1 Å². The summed E-state index contributed by atoms with van der Waals surface area (Å²) < 4.78 is 27.7. The fourth-order valence-electron chi connectivity index (χ4n) is 2.29. The lowest BCUT2D eigenvalue weighted by Gasteiger charge is -2.09. The van der Waals surface area contributed by atoms with Crippen LogP contribution in [0, 0.1) is 34.6 Å². The third-order valence-electron chi connectivity index (χ3n) is 3.66. The molecule has 1 heterocycles. The Labute approximate surface area is 103 Å². The van der Waals surface area contributed by atoms with Crippen LogP contribution in [0.25, 0.3) is 11.0 Å². The van der Waals surface area contributed by atoms with Gasteiger partial charge in [-0.15, -0.1) is 0 Å². The van der Waals surface area contributed by atoms with Crippen LogP contribution in [0.2, 0.25) is 0 Å².